The summed E-state index contributed by atoms with van der Waals surface area (Å²) >= 11 is 1.75. The zero-order chi connectivity index (χ0) is 12.5. The number of aromatic nitrogens is 4. The highest BCUT2D eigenvalue weighted by Crippen LogP contribution is 2.30. The summed E-state index contributed by atoms with van der Waals surface area (Å²) in [6.07, 6.45) is 0.903. The lowest BCUT2D eigenvalue weighted by Crippen LogP contribution is -2.01. The van der Waals surface area contributed by atoms with Crippen molar-refractivity contribution in [3.8, 4) is 11.4 Å². The smallest absolute Gasteiger partial charge is 0.181 e. The second-order valence-corrected chi connectivity index (χ2v) is 5.05. The molecular weight excluding hydrogens is 246 g/mol. The lowest BCUT2D eigenvalue weighted by atomic mass is 10.1. The van der Waals surface area contributed by atoms with Crippen molar-refractivity contribution >= 4 is 21.4 Å². The average molecular weight is 259 g/mol. The Morgan fingerprint density at radius 1 is 1.39 bits per heavy atom. The fraction of sp³-hybridized carbons (Fsp3) is 0.250. The minimum Gasteiger partial charge on any atom is -0.330 e. The third-order valence-corrected chi connectivity index (χ3v) is 3.96. The molecule has 0 bridgehead atoms. The van der Waals surface area contributed by atoms with Crippen LogP contribution in [0.1, 0.15) is 5.56 Å². The van der Waals surface area contributed by atoms with E-state index in [1.807, 2.05) is 7.05 Å². The molecule has 0 radical (unpaired) electrons. The Balaban J connectivity index is 2.15. The second kappa shape index (κ2) is 4.47. The van der Waals surface area contributed by atoms with Gasteiger partial charge in [0.15, 0.2) is 5.82 Å². The molecule has 0 unspecified atom stereocenters. The molecule has 2 heterocycles. The number of thiophene rings is 1. The number of rotatable bonds is 3. The van der Waals surface area contributed by atoms with Crippen LogP contribution in [0.2, 0.25) is 0 Å². The number of hydrogen-bond donors (Lipinski definition) is 1. The fourth-order valence-electron chi connectivity index (χ4n) is 2.04. The van der Waals surface area contributed by atoms with Crippen LogP contribution in [0.3, 0.4) is 0 Å². The molecule has 2 N–H and O–H groups in total. The van der Waals surface area contributed by atoms with Crippen LogP contribution in [0.15, 0.2) is 23.6 Å². The lowest BCUT2D eigenvalue weighted by Gasteiger charge is -2.01. The average Bonchev–Trinajstić information content (AvgIpc) is 2.96. The molecule has 1 aromatic carbocycles. The van der Waals surface area contributed by atoms with Gasteiger partial charge in [0.1, 0.15) is 0 Å². The molecule has 0 aliphatic rings. The molecule has 0 aliphatic heterocycles. The Bertz CT molecular complexity index is 685. The first-order valence-corrected chi connectivity index (χ1v) is 6.60. The highest BCUT2D eigenvalue weighted by Gasteiger charge is 2.09. The topological polar surface area (TPSA) is 69.6 Å². The molecule has 92 valence electrons. The van der Waals surface area contributed by atoms with Crippen LogP contribution < -0.4 is 5.73 Å². The molecule has 0 fully saturated rings. The lowest BCUT2D eigenvalue weighted by molar-refractivity contribution is 0.715. The van der Waals surface area contributed by atoms with Crippen LogP contribution in [-0.4, -0.2) is 26.8 Å². The Morgan fingerprint density at radius 2 is 2.28 bits per heavy atom. The summed E-state index contributed by atoms with van der Waals surface area (Å²) in [7, 11) is 1.84. The van der Waals surface area contributed by atoms with Crippen molar-refractivity contribution in [2.75, 3.05) is 6.54 Å². The highest BCUT2D eigenvalue weighted by atomic mass is 32.1. The van der Waals surface area contributed by atoms with E-state index in [-0.39, 0.29) is 0 Å². The number of nitrogens with two attached hydrogens (primary N) is 1. The van der Waals surface area contributed by atoms with Crippen molar-refractivity contribution in [1.82, 2.24) is 20.2 Å². The van der Waals surface area contributed by atoms with E-state index in [9.17, 15) is 0 Å². The molecule has 3 rings (SSSR count). The van der Waals surface area contributed by atoms with E-state index in [0.717, 1.165) is 17.8 Å². The predicted octanol–water partition coefficient (Wildman–Crippen LogP) is 1.59. The van der Waals surface area contributed by atoms with Gasteiger partial charge in [-0.3, -0.25) is 0 Å². The van der Waals surface area contributed by atoms with Crippen LogP contribution in [0.4, 0.5) is 0 Å². The van der Waals surface area contributed by atoms with Crippen molar-refractivity contribution in [1.29, 1.82) is 0 Å². The van der Waals surface area contributed by atoms with Crippen LogP contribution in [-0.2, 0) is 13.5 Å². The number of aryl methyl sites for hydroxylation is 1. The maximum Gasteiger partial charge on any atom is 0.181 e. The minimum absolute atomic E-state index is 0.668. The summed E-state index contributed by atoms with van der Waals surface area (Å²) < 4.78 is 2.95. The molecular formula is C12H13N5S. The Hall–Kier alpha value is -1.79. The van der Waals surface area contributed by atoms with Gasteiger partial charge in [-0.2, -0.15) is 0 Å². The Morgan fingerprint density at radius 3 is 3.00 bits per heavy atom. The molecule has 18 heavy (non-hydrogen) atoms. The minimum atomic E-state index is 0.668. The molecule has 3 aromatic rings. The number of fused-ring (bicyclic) bond motifs is 1. The number of hydrogen-bond acceptors (Lipinski definition) is 5. The molecule has 0 saturated heterocycles. The van der Waals surface area contributed by atoms with Crippen LogP contribution in [0.25, 0.3) is 21.5 Å². The Labute approximate surface area is 108 Å². The van der Waals surface area contributed by atoms with Gasteiger partial charge in [-0.1, -0.05) is 0 Å². The summed E-state index contributed by atoms with van der Waals surface area (Å²) in [6.45, 7) is 0.668. The summed E-state index contributed by atoms with van der Waals surface area (Å²) in [4.78, 5) is 0. The third kappa shape index (κ3) is 1.79. The predicted molar refractivity (Wildman–Crippen MR) is 72.4 cm³/mol. The van der Waals surface area contributed by atoms with Crippen molar-refractivity contribution in [3.05, 3.63) is 29.1 Å². The van der Waals surface area contributed by atoms with Gasteiger partial charge in [0.25, 0.3) is 0 Å². The largest absolute Gasteiger partial charge is 0.330 e. The molecule has 0 aliphatic carbocycles. The van der Waals surface area contributed by atoms with Gasteiger partial charge in [0.2, 0.25) is 0 Å². The van der Waals surface area contributed by atoms with E-state index in [1.165, 1.54) is 15.6 Å². The van der Waals surface area contributed by atoms with Crippen molar-refractivity contribution in [3.63, 3.8) is 0 Å². The van der Waals surface area contributed by atoms with Crippen LogP contribution >= 0.6 is 11.3 Å². The molecule has 2 aromatic heterocycles. The van der Waals surface area contributed by atoms with E-state index >= 15 is 0 Å². The van der Waals surface area contributed by atoms with Crippen LogP contribution in [0, 0.1) is 0 Å². The van der Waals surface area contributed by atoms with E-state index < -0.39 is 0 Å². The summed E-state index contributed by atoms with van der Waals surface area (Å²) in [5.74, 6) is 0.779. The van der Waals surface area contributed by atoms with Crippen LogP contribution in [0.5, 0.6) is 0 Å². The van der Waals surface area contributed by atoms with Crippen molar-refractivity contribution in [2.24, 2.45) is 12.8 Å². The highest BCUT2D eigenvalue weighted by molar-refractivity contribution is 7.17. The molecule has 0 spiro atoms. The van der Waals surface area contributed by atoms with Gasteiger partial charge in [0.05, 0.1) is 0 Å². The van der Waals surface area contributed by atoms with Gasteiger partial charge in [-0.25, -0.2) is 4.68 Å². The molecule has 0 saturated carbocycles. The third-order valence-electron chi connectivity index (χ3n) is 2.95. The van der Waals surface area contributed by atoms with E-state index in [2.05, 4.69) is 39.1 Å². The quantitative estimate of drug-likeness (QED) is 0.775. The van der Waals surface area contributed by atoms with Gasteiger partial charge in [0, 0.05) is 17.3 Å². The maximum atomic E-state index is 5.64. The fourth-order valence-corrected chi connectivity index (χ4v) is 3.02. The standard InChI is InChI=1S/C12H13N5S/c1-17-12(14-15-16-17)8-2-3-11-10(6-8)9(4-5-13)7-18-11/h2-3,6-7H,4-5,13H2,1H3. The van der Waals surface area contributed by atoms with Crippen molar-refractivity contribution < 1.29 is 0 Å². The molecule has 5 nitrogen and oxygen atoms in total. The molecule has 6 heteroatoms. The first-order valence-electron chi connectivity index (χ1n) is 5.72. The number of benzene rings is 1. The first kappa shape index (κ1) is 11.3. The number of tetrazole rings is 1. The molecule has 0 amide bonds. The van der Waals surface area contributed by atoms with E-state index in [4.69, 9.17) is 5.73 Å². The van der Waals surface area contributed by atoms with Gasteiger partial charge >= 0.3 is 0 Å². The van der Waals surface area contributed by atoms with Gasteiger partial charge in [-0.15, -0.1) is 16.4 Å². The summed E-state index contributed by atoms with van der Waals surface area (Å²) in [5.41, 5.74) is 7.97. The van der Waals surface area contributed by atoms with Crippen molar-refractivity contribution in [2.45, 2.75) is 6.42 Å². The number of nitrogens with zero attached hydrogens (tertiary/aromatic N) is 4. The zero-order valence-corrected chi connectivity index (χ0v) is 10.8. The van der Waals surface area contributed by atoms with Gasteiger partial charge < -0.3 is 5.73 Å². The molecule has 0 atom stereocenters. The first-order chi connectivity index (χ1) is 8.79. The summed E-state index contributed by atoms with van der Waals surface area (Å²) in [5, 5.41) is 15.0. The SMILES string of the molecule is Cn1nnnc1-c1ccc2scc(CCN)c2c1. The second-order valence-electron chi connectivity index (χ2n) is 4.14. The monoisotopic (exact) mass is 259 g/mol. The van der Waals surface area contributed by atoms with E-state index in [1.54, 1.807) is 16.0 Å². The summed E-state index contributed by atoms with van der Waals surface area (Å²) in [6, 6.07) is 6.31. The normalized spacial score (nSPS) is 11.2. The Kier molecular flexibility index (Phi) is 2.81. The van der Waals surface area contributed by atoms with E-state index in [0.29, 0.717) is 6.54 Å². The maximum absolute atomic E-state index is 5.64. The van der Waals surface area contributed by atoms with Gasteiger partial charge in [-0.05, 0) is 57.9 Å². The zero-order valence-electron chi connectivity index (χ0n) is 10.00.